The Hall–Kier alpha value is -3.42. The number of carbonyl (C=O) groups is 1. The zero-order valence-corrected chi connectivity index (χ0v) is 14.7. The lowest BCUT2D eigenvalue weighted by atomic mass is 10.2. The Morgan fingerprint density at radius 2 is 2.15 bits per heavy atom. The fourth-order valence-corrected chi connectivity index (χ4v) is 3.08. The van der Waals surface area contributed by atoms with E-state index in [1.54, 1.807) is 11.0 Å². The molecule has 1 aliphatic rings. The average molecular weight is 367 g/mol. The van der Waals surface area contributed by atoms with Crippen LogP contribution in [0.4, 0.5) is 26.4 Å². The number of amides is 2. The standard InChI is InChI=1S/C19H18FN5O2/c1-27-17-9-14-16(10-15(17)20)22-11-23-18(14)24-12-4-2-5-13(8-12)25-7-3-6-21-19(25)26/h2,4-5,8-11H,3,6-7H2,1H3,(H,21,26)(H,22,23,24). The zero-order valence-electron chi connectivity index (χ0n) is 14.7. The van der Waals surface area contributed by atoms with Gasteiger partial charge in [-0.05, 0) is 30.7 Å². The summed E-state index contributed by atoms with van der Waals surface area (Å²) in [5, 5.41) is 6.70. The first kappa shape index (κ1) is 17.0. The van der Waals surface area contributed by atoms with Crippen LogP contribution in [-0.2, 0) is 0 Å². The Bertz CT molecular complexity index is 1010. The number of methoxy groups -OCH3 is 1. The van der Waals surface area contributed by atoms with Crippen molar-refractivity contribution in [2.75, 3.05) is 30.4 Å². The summed E-state index contributed by atoms with van der Waals surface area (Å²) in [6, 6.07) is 10.3. The topological polar surface area (TPSA) is 79.4 Å². The molecule has 1 aromatic heterocycles. The number of urea groups is 1. The molecule has 27 heavy (non-hydrogen) atoms. The SMILES string of the molecule is COc1cc2c(Nc3cccc(N4CCCNC4=O)c3)ncnc2cc1F. The third-order valence-electron chi connectivity index (χ3n) is 4.41. The first-order valence-corrected chi connectivity index (χ1v) is 8.56. The second kappa shape index (κ2) is 7.06. The van der Waals surface area contributed by atoms with E-state index in [0.717, 1.165) is 17.8 Å². The summed E-state index contributed by atoms with van der Waals surface area (Å²) in [6.07, 6.45) is 2.27. The molecule has 2 amide bonds. The van der Waals surface area contributed by atoms with Gasteiger partial charge >= 0.3 is 6.03 Å². The first-order chi connectivity index (χ1) is 13.2. The van der Waals surface area contributed by atoms with Crippen LogP contribution in [0.25, 0.3) is 10.9 Å². The highest BCUT2D eigenvalue weighted by Gasteiger charge is 2.19. The molecule has 0 bridgehead atoms. The number of anilines is 3. The molecular formula is C19H18FN5O2. The average Bonchev–Trinajstić information content (AvgIpc) is 2.68. The van der Waals surface area contributed by atoms with Gasteiger partial charge in [-0.25, -0.2) is 19.2 Å². The normalized spacial score (nSPS) is 14.1. The lowest BCUT2D eigenvalue weighted by molar-refractivity contribution is 0.243. The van der Waals surface area contributed by atoms with Gasteiger partial charge < -0.3 is 15.4 Å². The van der Waals surface area contributed by atoms with Crippen molar-refractivity contribution >= 4 is 34.1 Å². The minimum atomic E-state index is -0.479. The number of rotatable bonds is 4. The number of nitrogens with zero attached hydrogens (tertiary/aromatic N) is 3. The maximum absolute atomic E-state index is 13.9. The summed E-state index contributed by atoms with van der Waals surface area (Å²) >= 11 is 0. The summed E-state index contributed by atoms with van der Waals surface area (Å²) in [6.45, 7) is 1.36. The second-order valence-corrected chi connectivity index (χ2v) is 6.14. The number of carbonyl (C=O) groups excluding carboxylic acids is 1. The number of fused-ring (bicyclic) bond motifs is 1. The Balaban J connectivity index is 1.68. The molecule has 0 spiro atoms. The number of aromatic nitrogens is 2. The highest BCUT2D eigenvalue weighted by Crippen LogP contribution is 2.30. The molecule has 0 saturated carbocycles. The third kappa shape index (κ3) is 3.33. The Kier molecular flexibility index (Phi) is 4.45. The van der Waals surface area contributed by atoms with E-state index in [9.17, 15) is 9.18 Å². The smallest absolute Gasteiger partial charge is 0.321 e. The van der Waals surface area contributed by atoms with Crippen LogP contribution in [0, 0.1) is 5.82 Å². The quantitative estimate of drug-likeness (QED) is 0.738. The first-order valence-electron chi connectivity index (χ1n) is 8.56. The molecule has 0 radical (unpaired) electrons. The van der Waals surface area contributed by atoms with E-state index in [1.807, 2.05) is 24.3 Å². The minimum Gasteiger partial charge on any atom is -0.494 e. The third-order valence-corrected chi connectivity index (χ3v) is 4.41. The largest absolute Gasteiger partial charge is 0.494 e. The summed E-state index contributed by atoms with van der Waals surface area (Å²) in [4.78, 5) is 22.1. The zero-order chi connectivity index (χ0) is 18.8. The van der Waals surface area contributed by atoms with E-state index < -0.39 is 5.82 Å². The van der Waals surface area contributed by atoms with Crippen molar-refractivity contribution in [2.45, 2.75) is 6.42 Å². The van der Waals surface area contributed by atoms with Crippen molar-refractivity contribution in [1.29, 1.82) is 0 Å². The number of nitrogens with one attached hydrogen (secondary N) is 2. The maximum Gasteiger partial charge on any atom is 0.321 e. The van der Waals surface area contributed by atoms with E-state index >= 15 is 0 Å². The molecule has 0 atom stereocenters. The van der Waals surface area contributed by atoms with E-state index in [1.165, 1.54) is 19.5 Å². The molecule has 2 aromatic carbocycles. The van der Waals surface area contributed by atoms with Gasteiger partial charge in [-0.1, -0.05) is 6.07 Å². The van der Waals surface area contributed by atoms with Crippen molar-refractivity contribution in [1.82, 2.24) is 15.3 Å². The Morgan fingerprint density at radius 3 is 2.96 bits per heavy atom. The molecule has 1 saturated heterocycles. The molecule has 1 aliphatic heterocycles. The van der Waals surface area contributed by atoms with E-state index in [0.29, 0.717) is 29.8 Å². The van der Waals surface area contributed by atoms with E-state index in [2.05, 4.69) is 20.6 Å². The summed E-state index contributed by atoms with van der Waals surface area (Å²) in [5.74, 6) is 0.172. The van der Waals surface area contributed by atoms with Gasteiger partial charge in [0.1, 0.15) is 12.1 Å². The summed E-state index contributed by atoms with van der Waals surface area (Å²) in [7, 11) is 1.41. The molecule has 0 unspecified atom stereocenters. The van der Waals surface area contributed by atoms with Crippen LogP contribution in [0.15, 0.2) is 42.7 Å². The van der Waals surface area contributed by atoms with Crippen molar-refractivity contribution in [2.24, 2.45) is 0 Å². The number of benzene rings is 2. The van der Waals surface area contributed by atoms with Crippen LogP contribution >= 0.6 is 0 Å². The molecule has 2 N–H and O–H groups in total. The monoisotopic (exact) mass is 367 g/mol. The fraction of sp³-hybridized carbons (Fsp3) is 0.211. The number of hydrogen-bond donors (Lipinski definition) is 2. The van der Waals surface area contributed by atoms with Crippen LogP contribution in [0.3, 0.4) is 0 Å². The molecule has 1 fully saturated rings. The van der Waals surface area contributed by atoms with Crippen molar-refractivity contribution in [3.8, 4) is 5.75 Å². The number of hydrogen-bond acceptors (Lipinski definition) is 5. The molecule has 8 heteroatoms. The van der Waals surface area contributed by atoms with Gasteiger partial charge in [-0.15, -0.1) is 0 Å². The van der Waals surface area contributed by atoms with Gasteiger partial charge in [0.05, 0.1) is 12.6 Å². The molecule has 4 rings (SSSR count). The van der Waals surface area contributed by atoms with Gasteiger partial charge in [-0.2, -0.15) is 0 Å². The van der Waals surface area contributed by atoms with Crippen LogP contribution in [0.1, 0.15) is 6.42 Å². The predicted molar refractivity (Wildman–Crippen MR) is 101 cm³/mol. The van der Waals surface area contributed by atoms with Crippen LogP contribution in [0.2, 0.25) is 0 Å². The van der Waals surface area contributed by atoms with Gasteiger partial charge in [0.2, 0.25) is 0 Å². The molecule has 0 aliphatic carbocycles. The number of ether oxygens (including phenoxy) is 1. The predicted octanol–water partition coefficient (Wildman–Crippen LogP) is 3.44. The summed E-state index contributed by atoms with van der Waals surface area (Å²) < 4.78 is 19.0. The van der Waals surface area contributed by atoms with Gasteiger partial charge in [0, 0.05) is 35.9 Å². The van der Waals surface area contributed by atoms with Crippen molar-refractivity contribution in [3.63, 3.8) is 0 Å². The minimum absolute atomic E-state index is 0.105. The van der Waals surface area contributed by atoms with Crippen molar-refractivity contribution < 1.29 is 13.9 Å². The highest BCUT2D eigenvalue weighted by molar-refractivity contribution is 5.94. The van der Waals surface area contributed by atoms with Crippen LogP contribution < -0.4 is 20.3 Å². The summed E-state index contributed by atoms with van der Waals surface area (Å²) in [5.41, 5.74) is 2.02. The van der Waals surface area contributed by atoms with Gasteiger partial charge in [-0.3, -0.25) is 4.90 Å². The van der Waals surface area contributed by atoms with E-state index in [4.69, 9.17) is 4.74 Å². The van der Waals surface area contributed by atoms with Gasteiger partial charge in [0.25, 0.3) is 0 Å². The lowest BCUT2D eigenvalue weighted by Gasteiger charge is -2.27. The van der Waals surface area contributed by atoms with E-state index in [-0.39, 0.29) is 11.8 Å². The fourth-order valence-electron chi connectivity index (χ4n) is 3.08. The van der Waals surface area contributed by atoms with Crippen LogP contribution in [0.5, 0.6) is 5.75 Å². The van der Waals surface area contributed by atoms with Gasteiger partial charge in [0.15, 0.2) is 11.6 Å². The molecule has 138 valence electrons. The lowest BCUT2D eigenvalue weighted by Crippen LogP contribution is -2.46. The molecule has 3 aromatic rings. The Labute approximate surface area is 155 Å². The van der Waals surface area contributed by atoms with Crippen molar-refractivity contribution in [3.05, 3.63) is 48.5 Å². The molecule has 2 heterocycles. The Morgan fingerprint density at radius 1 is 1.26 bits per heavy atom. The second-order valence-electron chi connectivity index (χ2n) is 6.14. The molecule has 7 nitrogen and oxygen atoms in total. The highest BCUT2D eigenvalue weighted by atomic mass is 19.1. The molecular weight excluding hydrogens is 349 g/mol. The van der Waals surface area contributed by atoms with Crippen LogP contribution in [-0.4, -0.2) is 36.2 Å². The number of halogens is 1. The maximum atomic E-state index is 13.9.